The summed E-state index contributed by atoms with van der Waals surface area (Å²) in [5, 5.41) is 15.1. The number of aryl methyl sites for hydroxylation is 1. The predicted octanol–water partition coefficient (Wildman–Crippen LogP) is 5.36. The molecule has 1 fully saturated rings. The molecular formula is C27H30BrFN7O4+. The largest absolute Gasteiger partial charge is 0.493 e. The third-order valence-corrected chi connectivity index (χ3v) is 7.97. The van der Waals surface area contributed by atoms with Gasteiger partial charge < -0.3 is 34.0 Å². The number of quaternary nitrogens is 1. The van der Waals surface area contributed by atoms with Crippen molar-refractivity contribution in [3.63, 3.8) is 0 Å². The van der Waals surface area contributed by atoms with Crippen LogP contribution in [0.4, 0.5) is 21.7 Å². The van der Waals surface area contributed by atoms with E-state index >= 15 is 0 Å². The summed E-state index contributed by atoms with van der Waals surface area (Å²) in [6.45, 7) is 2.81. The number of aromatic nitrogens is 4. The fourth-order valence-corrected chi connectivity index (χ4v) is 5.40. The highest BCUT2D eigenvalue weighted by molar-refractivity contribution is 9.10. The van der Waals surface area contributed by atoms with Crippen LogP contribution < -0.4 is 14.8 Å². The molecule has 1 aliphatic heterocycles. The van der Waals surface area contributed by atoms with E-state index in [9.17, 15) is 14.5 Å². The second kappa shape index (κ2) is 11.3. The fourth-order valence-electron chi connectivity index (χ4n) is 5.07. The van der Waals surface area contributed by atoms with Crippen molar-refractivity contribution in [3.05, 3.63) is 69.1 Å². The zero-order chi connectivity index (χ0) is 28.4. The van der Waals surface area contributed by atoms with E-state index in [1.807, 2.05) is 6.07 Å². The molecule has 2 aromatic carbocycles. The van der Waals surface area contributed by atoms with Gasteiger partial charge in [0, 0.05) is 41.7 Å². The maximum absolute atomic E-state index is 14.4. The van der Waals surface area contributed by atoms with Crippen LogP contribution in [-0.4, -0.2) is 62.8 Å². The van der Waals surface area contributed by atoms with E-state index in [2.05, 4.69) is 43.2 Å². The molecule has 1 aliphatic rings. The minimum absolute atomic E-state index is 0.0696. The molecule has 0 saturated carbocycles. The van der Waals surface area contributed by atoms with Gasteiger partial charge in [0.2, 0.25) is 6.33 Å². The molecule has 0 spiro atoms. The molecule has 11 nitrogen and oxygen atoms in total. The van der Waals surface area contributed by atoms with Gasteiger partial charge in [-0.2, -0.15) is 0 Å². The maximum Gasteiger partial charge on any atom is 0.390 e. The van der Waals surface area contributed by atoms with Gasteiger partial charge in [0.25, 0.3) is 0 Å². The monoisotopic (exact) mass is 614 g/mol. The van der Waals surface area contributed by atoms with E-state index in [1.54, 1.807) is 36.9 Å². The van der Waals surface area contributed by atoms with Gasteiger partial charge in [-0.25, -0.2) is 14.4 Å². The molecule has 0 bridgehead atoms. The summed E-state index contributed by atoms with van der Waals surface area (Å²) < 4.78 is 29.4. The summed E-state index contributed by atoms with van der Waals surface area (Å²) in [5.41, 5.74) is 1.57. The average molecular weight is 615 g/mol. The Hall–Kier alpha value is -3.84. The lowest BCUT2D eigenvalue weighted by Crippen LogP contribution is -2.50. The summed E-state index contributed by atoms with van der Waals surface area (Å²) >= 11 is 3.27. The molecule has 1 N–H and O–H groups in total. The summed E-state index contributed by atoms with van der Waals surface area (Å²) in [6.07, 6.45) is 4.77. The molecule has 0 atom stereocenters. The fraction of sp³-hybridized carbons (Fsp3) is 0.370. The molecule has 40 heavy (non-hydrogen) atoms. The zero-order valence-corrected chi connectivity index (χ0v) is 24.0. The first-order chi connectivity index (χ1) is 19.2. The van der Waals surface area contributed by atoms with Crippen LogP contribution in [0.3, 0.4) is 0 Å². The SMILES string of the molecule is COc1cc2c(Nc3ccc(Br)cc3F)ncnc2cc1OCC1CC[N+](C)(Cc2c([N+](=O)[O-])ncn2C)CC1. The molecule has 2 aromatic heterocycles. The highest BCUT2D eigenvalue weighted by Gasteiger charge is 2.35. The Balaban J connectivity index is 1.26. The van der Waals surface area contributed by atoms with Crippen LogP contribution in [0.15, 0.2) is 47.5 Å². The van der Waals surface area contributed by atoms with Crippen molar-refractivity contribution in [2.75, 3.05) is 39.2 Å². The van der Waals surface area contributed by atoms with Crippen LogP contribution in [0, 0.1) is 21.8 Å². The van der Waals surface area contributed by atoms with Gasteiger partial charge in [0.1, 0.15) is 24.5 Å². The van der Waals surface area contributed by atoms with Gasteiger partial charge >= 0.3 is 5.82 Å². The number of anilines is 2. The van der Waals surface area contributed by atoms with E-state index in [0.29, 0.717) is 67.6 Å². The van der Waals surface area contributed by atoms with E-state index in [0.717, 1.165) is 25.9 Å². The third kappa shape index (κ3) is 5.85. The molecular weight excluding hydrogens is 585 g/mol. The second-order valence-electron chi connectivity index (χ2n) is 10.4. The Morgan fingerprint density at radius 1 is 1.20 bits per heavy atom. The number of piperidine rings is 1. The molecule has 5 rings (SSSR count). The van der Waals surface area contributed by atoms with Crippen LogP contribution in [0.1, 0.15) is 18.5 Å². The van der Waals surface area contributed by atoms with Crippen molar-refractivity contribution in [3.8, 4) is 11.5 Å². The highest BCUT2D eigenvalue weighted by Crippen LogP contribution is 2.36. The van der Waals surface area contributed by atoms with Crippen molar-refractivity contribution >= 4 is 44.2 Å². The van der Waals surface area contributed by atoms with Crippen LogP contribution >= 0.6 is 15.9 Å². The molecule has 0 radical (unpaired) electrons. The average Bonchev–Trinajstić information content (AvgIpc) is 3.29. The van der Waals surface area contributed by atoms with E-state index in [-0.39, 0.29) is 5.82 Å². The van der Waals surface area contributed by atoms with Crippen molar-refractivity contribution < 1.29 is 23.3 Å². The van der Waals surface area contributed by atoms with Gasteiger partial charge in [-0.05, 0) is 34.2 Å². The lowest BCUT2D eigenvalue weighted by molar-refractivity contribution is -0.928. The normalized spacial score (nSPS) is 19.0. The lowest BCUT2D eigenvalue weighted by atomic mass is 9.96. The van der Waals surface area contributed by atoms with Crippen molar-refractivity contribution in [2.24, 2.45) is 13.0 Å². The molecule has 210 valence electrons. The smallest absolute Gasteiger partial charge is 0.390 e. The molecule has 13 heteroatoms. The third-order valence-electron chi connectivity index (χ3n) is 7.48. The number of methoxy groups -OCH3 is 1. The summed E-state index contributed by atoms with van der Waals surface area (Å²) in [7, 11) is 5.49. The number of halogens is 2. The van der Waals surface area contributed by atoms with E-state index < -0.39 is 10.7 Å². The topological polar surface area (TPSA) is 117 Å². The van der Waals surface area contributed by atoms with Gasteiger partial charge in [0.05, 0.1) is 45.1 Å². The van der Waals surface area contributed by atoms with Gasteiger partial charge in [-0.3, -0.25) is 0 Å². The van der Waals surface area contributed by atoms with Crippen LogP contribution in [0.25, 0.3) is 10.9 Å². The van der Waals surface area contributed by atoms with Crippen LogP contribution in [0.5, 0.6) is 11.5 Å². The van der Waals surface area contributed by atoms with Gasteiger partial charge in [-0.15, -0.1) is 0 Å². The number of hydrogen-bond donors (Lipinski definition) is 1. The van der Waals surface area contributed by atoms with E-state index in [1.165, 1.54) is 18.7 Å². The molecule has 0 aliphatic carbocycles. The maximum atomic E-state index is 14.4. The van der Waals surface area contributed by atoms with Crippen LogP contribution in [0.2, 0.25) is 0 Å². The number of hydrogen-bond acceptors (Lipinski definition) is 8. The van der Waals surface area contributed by atoms with Gasteiger partial charge in [0.15, 0.2) is 17.2 Å². The molecule has 4 aromatic rings. The first kappa shape index (κ1) is 27.7. The summed E-state index contributed by atoms with van der Waals surface area (Å²) in [4.78, 5) is 23.6. The first-order valence-electron chi connectivity index (χ1n) is 12.8. The van der Waals surface area contributed by atoms with Crippen LogP contribution in [-0.2, 0) is 13.6 Å². The highest BCUT2D eigenvalue weighted by atomic mass is 79.9. The first-order valence-corrected chi connectivity index (χ1v) is 13.6. The number of likely N-dealkylation sites (tertiary alicyclic amines) is 1. The van der Waals surface area contributed by atoms with Crippen molar-refractivity contribution in [2.45, 2.75) is 19.4 Å². The number of nitrogens with zero attached hydrogens (tertiary/aromatic N) is 6. The molecule has 1 saturated heterocycles. The number of rotatable bonds is 9. The summed E-state index contributed by atoms with van der Waals surface area (Å²) in [5.74, 6) is 1.41. The van der Waals surface area contributed by atoms with Gasteiger partial charge in [-0.1, -0.05) is 15.9 Å². The van der Waals surface area contributed by atoms with Crippen molar-refractivity contribution in [1.29, 1.82) is 0 Å². The molecule has 0 amide bonds. The number of benzene rings is 2. The number of nitro groups is 1. The standard InChI is InChI=1S/C27H30BrFN7O4/c1-34-16-32-27(35(37)38)23(34)13-36(2)8-6-17(7-9-36)14-40-25-12-22-19(11-24(25)39-3)26(31-15-30-22)33-21-5-4-18(28)10-20(21)29/h4-5,10-12,15-17H,6-9,13-14H2,1-3H3,(H,30,31,33)/q+1. The minimum atomic E-state index is -0.415. The molecule has 3 heterocycles. The Labute approximate surface area is 238 Å². The predicted molar refractivity (Wildman–Crippen MR) is 151 cm³/mol. The zero-order valence-electron chi connectivity index (χ0n) is 22.4. The lowest BCUT2D eigenvalue weighted by Gasteiger charge is -2.40. The quantitative estimate of drug-likeness (QED) is 0.152. The Morgan fingerprint density at radius 3 is 2.67 bits per heavy atom. The minimum Gasteiger partial charge on any atom is -0.493 e. The summed E-state index contributed by atoms with van der Waals surface area (Å²) in [6, 6.07) is 8.36. The Morgan fingerprint density at radius 2 is 1.98 bits per heavy atom. The number of fused-ring (bicyclic) bond motifs is 1. The Kier molecular flexibility index (Phi) is 7.86. The number of nitrogens with one attached hydrogen (secondary N) is 1. The molecule has 0 unspecified atom stereocenters. The Bertz CT molecular complexity index is 1560. The van der Waals surface area contributed by atoms with Crippen molar-refractivity contribution in [1.82, 2.24) is 19.5 Å². The number of imidazole rings is 1. The number of ether oxygens (including phenoxy) is 2. The second-order valence-corrected chi connectivity index (χ2v) is 11.3. The van der Waals surface area contributed by atoms with E-state index in [4.69, 9.17) is 9.47 Å².